The molecule has 1 heterocycles. The molecule has 1 aromatic heterocycles. The zero-order valence-corrected chi connectivity index (χ0v) is 19.3. The van der Waals surface area contributed by atoms with Crippen LogP contribution in [0.3, 0.4) is 0 Å². The molecule has 2 aromatic carbocycles. The molecule has 0 amide bonds. The molecule has 32 heavy (non-hydrogen) atoms. The fourth-order valence-electron chi connectivity index (χ4n) is 4.80. The monoisotopic (exact) mass is 445 g/mol. The van der Waals surface area contributed by atoms with Crippen LogP contribution in [-0.4, -0.2) is 22.9 Å². The Balaban J connectivity index is 1.41. The Hall–Kier alpha value is -3.12. The first kappa shape index (κ1) is 20.8. The minimum atomic E-state index is 0.253. The standard InChI is InChI=1S/C26H27N3O2S/c1-26(2)19-13-18(12-16-4-10-21(31-3)11-5-16)24(22(26)14-19)28-29-25-27-23(15-32-25)17-6-8-20(30)9-7-17/h4-12,15,19,22,30H,13-14H2,1-3H3,(H,27,29). The predicted molar refractivity (Wildman–Crippen MR) is 131 cm³/mol. The second kappa shape index (κ2) is 8.10. The molecule has 5 nitrogen and oxygen atoms in total. The number of nitrogens with one attached hydrogen (secondary N) is 1. The number of anilines is 1. The molecule has 3 fully saturated rings. The molecule has 3 saturated carbocycles. The van der Waals surface area contributed by atoms with Crippen LogP contribution in [0, 0.1) is 17.3 Å². The van der Waals surface area contributed by atoms with Crippen molar-refractivity contribution in [3.63, 3.8) is 0 Å². The number of nitrogens with zero attached hydrogens (tertiary/aromatic N) is 2. The van der Waals surface area contributed by atoms with E-state index in [0.717, 1.165) is 39.8 Å². The van der Waals surface area contributed by atoms with Crippen molar-refractivity contribution in [2.24, 2.45) is 22.4 Å². The van der Waals surface area contributed by atoms with Crippen LogP contribution in [0.15, 0.2) is 64.6 Å². The Morgan fingerprint density at radius 1 is 1.16 bits per heavy atom. The number of aromatic hydroxyl groups is 1. The Morgan fingerprint density at radius 2 is 1.91 bits per heavy atom. The minimum absolute atomic E-state index is 0.253. The van der Waals surface area contributed by atoms with E-state index in [1.54, 1.807) is 19.2 Å². The number of rotatable bonds is 5. The number of hydrogen-bond acceptors (Lipinski definition) is 6. The summed E-state index contributed by atoms with van der Waals surface area (Å²) in [4.78, 5) is 4.68. The number of aromatic nitrogens is 1. The number of phenols is 1. The highest BCUT2D eigenvalue weighted by molar-refractivity contribution is 7.14. The van der Waals surface area contributed by atoms with Crippen molar-refractivity contribution in [1.29, 1.82) is 0 Å². The Kier molecular flexibility index (Phi) is 5.25. The highest BCUT2D eigenvalue weighted by atomic mass is 32.1. The lowest BCUT2D eigenvalue weighted by molar-refractivity contribution is 0.0143. The van der Waals surface area contributed by atoms with Crippen LogP contribution in [-0.2, 0) is 0 Å². The van der Waals surface area contributed by atoms with E-state index in [0.29, 0.717) is 11.8 Å². The summed E-state index contributed by atoms with van der Waals surface area (Å²) in [5.74, 6) is 2.28. The molecule has 2 bridgehead atoms. The highest BCUT2D eigenvalue weighted by Crippen LogP contribution is 2.59. The van der Waals surface area contributed by atoms with Gasteiger partial charge in [0.1, 0.15) is 11.5 Å². The molecule has 3 aliphatic carbocycles. The molecule has 2 atom stereocenters. The van der Waals surface area contributed by atoms with Gasteiger partial charge in [-0.2, -0.15) is 5.10 Å². The normalized spacial score (nSPS) is 23.7. The summed E-state index contributed by atoms with van der Waals surface area (Å²) < 4.78 is 5.29. The van der Waals surface area contributed by atoms with Crippen LogP contribution in [0.1, 0.15) is 32.3 Å². The maximum Gasteiger partial charge on any atom is 0.203 e. The zero-order chi connectivity index (χ0) is 22.3. The quantitative estimate of drug-likeness (QED) is 0.443. The first-order valence-corrected chi connectivity index (χ1v) is 11.8. The number of hydrogen-bond donors (Lipinski definition) is 2. The summed E-state index contributed by atoms with van der Waals surface area (Å²) in [6.07, 6.45) is 4.51. The molecule has 0 spiro atoms. The van der Waals surface area contributed by atoms with Crippen LogP contribution in [0.4, 0.5) is 5.13 Å². The van der Waals surface area contributed by atoms with Crippen molar-refractivity contribution in [2.45, 2.75) is 26.7 Å². The summed E-state index contributed by atoms with van der Waals surface area (Å²) >= 11 is 1.54. The molecule has 3 aliphatic rings. The number of allylic oxidation sites excluding steroid dienone is 1. The summed E-state index contributed by atoms with van der Waals surface area (Å²) in [7, 11) is 1.69. The van der Waals surface area contributed by atoms with Gasteiger partial charge < -0.3 is 9.84 Å². The topological polar surface area (TPSA) is 66.7 Å². The predicted octanol–water partition coefficient (Wildman–Crippen LogP) is 6.44. The smallest absolute Gasteiger partial charge is 0.203 e. The molecule has 0 radical (unpaired) electrons. The molecule has 0 saturated heterocycles. The van der Waals surface area contributed by atoms with Crippen LogP contribution in [0.25, 0.3) is 17.3 Å². The average Bonchev–Trinajstić information content (AvgIpc) is 3.28. The number of ether oxygens (including phenoxy) is 1. The molecule has 0 aliphatic heterocycles. The van der Waals surface area contributed by atoms with Gasteiger partial charge in [-0.3, -0.25) is 5.43 Å². The fraction of sp³-hybridized carbons (Fsp3) is 0.308. The molecule has 3 aromatic rings. The van der Waals surface area contributed by atoms with Gasteiger partial charge in [0.2, 0.25) is 5.13 Å². The molecular formula is C26H27N3O2S. The second-order valence-corrected chi connectivity index (χ2v) is 10.0. The maximum absolute atomic E-state index is 9.51. The van der Waals surface area contributed by atoms with E-state index in [2.05, 4.69) is 42.5 Å². The molecule has 6 rings (SSSR count). The van der Waals surface area contributed by atoms with Crippen molar-refractivity contribution < 1.29 is 9.84 Å². The third-order valence-electron chi connectivity index (χ3n) is 6.99. The van der Waals surface area contributed by atoms with Crippen molar-refractivity contribution in [2.75, 3.05) is 12.5 Å². The molecular weight excluding hydrogens is 418 g/mol. The lowest BCUT2D eigenvalue weighted by Gasteiger charge is -2.57. The Bertz CT molecular complexity index is 1180. The Morgan fingerprint density at radius 3 is 2.59 bits per heavy atom. The van der Waals surface area contributed by atoms with Crippen LogP contribution >= 0.6 is 11.3 Å². The third kappa shape index (κ3) is 3.79. The van der Waals surface area contributed by atoms with Gasteiger partial charge in [0.15, 0.2) is 0 Å². The van der Waals surface area contributed by atoms with Crippen molar-refractivity contribution in [1.82, 2.24) is 4.98 Å². The van der Waals surface area contributed by atoms with Gasteiger partial charge in [-0.15, -0.1) is 11.3 Å². The van der Waals surface area contributed by atoms with E-state index in [1.165, 1.54) is 23.3 Å². The van der Waals surface area contributed by atoms with E-state index >= 15 is 0 Å². The van der Waals surface area contributed by atoms with Gasteiger partial charge in [0, 0.05) is 16.9 Å². The first-order chi connectivity index (χ1) is 15.4. The van der Waals surface area contributed by atoms with Gasteiger partial charge in [-0.1, -0.05) is 26.0 Å². The largest absolute Gasteiger partial charge is 0.508 e. The molecule has 2 N–H and O–H groups in total. The number of fused-ring (bicyclic) bond motifs is 2. The first-order valence-electron chi connectivity index (χ1n) is 10.9. The summed E-state index contributed by atoms with van der Waals surface area (Å²) in [6, 6.07) is 15.3. The van der Waals surface area contributed by atoms with Gasteiger partial charge in [-0.25, -0.2) is 4.98 Å². The summed E-state index contributed by atoms with van der Waals surface area (Å²) in [6.45, 7) is 4.72. The summed E-state index contributed by atoms with van der Waals surface area (Å²) in [5, 5.41) is 17.2. The van der Waals surface area contributed by atoms with Crippen molar-refractivity contribution in [3.05, 3.63) is 65.0 Å². The van der Waals surface area contributed by atoms with E-state index in [4.69, 9.17) is 9.84 Å². The number of benzene rings is 2. The van der Waals surface area contributed by atoms with E-state index < -0.39 is 0 Å². The second-order valence-electron chi connectivity index (χ2n) is 9.15. The van der Waals surface area contributed by atoms with Gasteiger partial charge in [-0.05, 0) is 77.8 Å². The molecule has 6 heteroatoms. The number of thiazole rings is 1. The lowest BCUT2D eigenvalue weighted by Crippen LogP contribution is -2.53. The zero-order valence-electron chi connectivity index (χ0n) is 18.5. The van der Waals surface area contributed by atoms with Crippen LogP contribution < -0.4 is 10.2 Å². The Labute approximate surface area is 192 Å². The van der Waals surface area contributed by atoms with Crippen LogP contribution in [0.2, 0.25) is 0 Å². The number of phenolic OH excluding ortho intramolecular Hbond substituents is 1. The molecule has 164 valence electrons. The van der Waals surface area contributed by atoms with E-state index in [-0.39, 0.29) is 11.2 Å². The summed E-state index contributed by atoms with van der Waals surface area (Å²) in [5.41, 5.74) is 8.97. The maximum atomic E-state index is 9.51. The van der Waals surface area contributed by atoms with Gasteiger partial charge in [0.05, 0.1) is 18.5 Å². The fourth-order valence-corrected chi connectivity index (χ4v) is 5.46. The third-order valence-corrected chi connectivity index (χ3v) is 7.74. The lowest BCUT2D eigenvalue weighted by atomic mass is 9.47. The van der Waals surface area contributed by atoms with E-state index in [1.807, 2.05) is 29.6 Å². The number of methoxy groups -OCH3 is 1. The highest BCUT2D eigenvalue weighted by Gasteiger charge is 2.54. The van der Waals surface area contributed by atoms with E-state index in [9.17, 15) is 5.11 Å². The average molecular weight is 446 g/mol. The number of hydrazone groups is 1. The van der Waals surface area contributed by atoms with Gasteiger partial charge >= 0.3 is 0 Å². The SMILES string of the molecule is COc1ccc(C=C2CC3CC(C2=NNc2nc(-c4ccc(O)cc4)cs2)C3(C)C)cc1. The van der Waals surface area contributed by atoms with Gasteiger partial charge in [0.25, 0.3) is 0 Å². The minimum Gasteiger partial charge on any atom is -0.508 e. The van der Waals surface area contributed by atoms with Crippen LogP contribution in [0.5, 0.6) is 11.5 Å². The van der Waals surface area contributed by atoms with Crippen molar-refractivity contribution in [3.8, 4) is 22.8 Å². The van der Waals surface area contributed by atoms with Crippen molar-refractivity contribution >= 4 is 28.3 Å². The molecule has 2 unspecified atom stereocenters.